The number of hydrogen-bond donors (Lipinski definition) is 2. The lowest BCUT2D eigenvalue weighted by atomic mass is 9.96. The molecule has 0 unspecified atom stereocenters. The van der Waals surface area contributed by atoms with Crippen molar-refractivity contribution < 1.29 is 12.8 Å². The molecule has 8 heteroatoms. The zero-order valence-electron chi connectivity index (χ0n) is 16.4. The minimum absolute atomic E-state index is 0. The van der Waals surface area contributed by atoms with Crippen LogP contribution in [0.15, 0.2) is 64.5 Å². The maximum atomic E-state index is 13.5. The SMILES string of the molecule is CN=C(NCCCS(=O)(=O)c1ccccc1)NCC1(c2cccc(F)c2)CC1.I. The number of rotatable bonds is 8. The second-order valence-corrected chi connectivity index (χ2v) is 9.24. The first-order valence-electron chi connectivity index (χ1n) is 9.44. The quantitative estimate of drug-likeness (QED) is 0.237. The van der Waals surface area contributed by atoms with Gasteiger partial charge in [-0.2, -0.15) is 0 Å². The van der Waals surface area contributed by atoms with Crippen LogP contribution in [-0.4, -0.2) is 40.3 Å². The van der Waals surface area contributed by atoms with Crippen LogP contribution in [0.4, 0.5) is 4.39 Å². The number of nitrogens with one attached hydrogen (secondary N) is 2. The summed E-state index contributed by atoms with van der Waals surface area (Å²) in [4.78, 5) is 4.54. The predicted molar refractivity (Wildman–Crippen MR) is 125 cm³/mol. The standard InChI is InChI=1S/C21H26FN3O2S.HI/c1-23-20(24-13-6-14-28(26,27)19-9-3-2-4-10-19)25-16-21(11-12-21)17-7-5-8-18(22)15-17;/h2-5,7-10,15H,6,11-14,16H2,1H3,(H2,23,24,25);1H. The fraction of sp³-hybridized carbons (Fsp3) is 0.381. The van der Waals surface area contributed by atoms with Gasteiger partial charge >= 0.3 is 0 Å². The summed E-state index contributed by atoms with van der Waals surface area (Å²) >= 11 is 0. The third-order valence-electron chi connectivity index (χ3n) is 5.09. The number of benzene rings is 2. The molecule has 5 nitrogen and oxygen atoms in total. The maximum Gasteiger partial charge on any atom is 0.191 e. The fourth-order valence-electron chi connectivity index (χ4n) is 3.22. The van der Waals surface area contributed by atoms with E-state index in [9.17, 15) is 12.8 Å². The van der Waals surface area contributed by atoms with Crippen LogP contribution in [0.25, 0.3) is 0 Å². The summed E-state index contributed by atoms with van der Waals surface area (Å²) in [6.45, 7) is 1.16. The first-order chi connectivity index (χ1) is 13.5. The third-order valence-corrected chi connectivity index (χ3v) is 6.91. The Balaban J connectivity index is 0.00000300. The highest BCUT2D eigenvalue weighted by Gasteiger charge is 2.44. The molecule has 0 aromatic heterocycles. The van der Waals surface area contributed by atoms with Gasteiger partial charge in [-0.25, -0.2) is 12.8 Å². The van der Waals surface area contributed by atoms with E-state index in [2.05, 4.69) is 15.6 Å². The zero-order valence-corrected chi connectivity index (χ0v) is 19.5. The van der Waals surface area contributed by atoms with E-state index in [0.717, 1.165) is 18.4 Å². The van der Waals surface area contributed by atoms with Crippen LogP contribution < -0.4 is 10.6 Å². The highest BCUT2D eigenvalue weighted by molar-refractivity contribution is 14.0. The summed E-state index contributed by atoms with van der Waals surface area (Å²) in [5, 5.41) is 6.44. The van der Waals surface area contributed by atoms with Gasteiger partial charge < -0.3 is 10.6 Å². The minimum atomic E-state index is -3.27. The Bertz CT molecular complexity index is 932. The monoisotopic (exact) mass is 531 g/mol. The number of aliphatic imine (C=N–C) groups is 1. The van der Waals surface area contributed by atoms with Crippen LogP contribution in [0.5, 0.6) is 0 Å². The summed E-state index contributed by atoms with van der Waals surface area (Å²) in [5.74, 6) is 0.486. The average Bonchev–Trinajstić information content (AvgIpc) is 3.49. The molecule has 3 rings (SSSR count). The molecular formula is C21H27FIN3O2S. The van der Waals surface area contributed by atoms with Crippen molar-refractivity contribution >= 4 is 39.8 Å². The summed E-state index contributed by atoms with van der Waals surface area (Å²) in [5.41, 5.74) is 0.959. The molecule has 0 saturated heterocycles. The largest absolute Gasteiger partial charge is 0.356 e. The number of sulfone groups is 1. The number of guanidine groups is 1. The first-order valence-corrected chi connectivity index (χ1v) is 11.1. The Kier molecular flexibility index (Phi) is 8.45. The molecule has 0 bridgehead atoms. The fourth-order valence-corrected chi connectivity index (χ4v) is 4.56. The van der Waals surface area contributed by atoms with Crippen molar-refractivity contribution in [3.05, 3.63) is 66.0 Å². The second kappa shape index (κ2) is 10.4. The highest BCUT2D eigenvalue weighted by Crippen LogP contribution is 2.47. The van der Waals surface area contributed by atoms with Crippen molar-refractivity contribution in [2.75, 3.05) is 25.9 Å². The first kappa shape index (κ1) is 23.6. The van der Waals surface area contributed by atoms with Gasteiger partial charge in [-0.1, -0.05) is 30.3 Å². The van der Waals surface area contributed by atoms with E-state index in [-0.39, 0.29) is 41.0 Å². The summed E-state index contributed by atoms with van der Waals surface area (Å²) in [7, 11) is -1.59. The minimum Gasteiger partial charge on any atom is -0.356 e. The topological polar surface area (TPSA) is 70.6 Å². The molecule has 1 aliphatic rings. The van der Waals surface area contributed by atoms with E-state index in [1.165, 1.54) is 6.07 Å². The predicted octanol–water partition coefficient (Wildman–Crippen LogP) is 3.50. The van der Waals surface area contributed by atoms with Gasteiger partial charge in [0.15, 0.2) is 15.8 Å². The molecule has 0 heterocycles. The molecule has 2 aromatic rings. The molecule has 0 spiro atoms. The zero-order chi connectivity index (χ0) is 20.0. The lowest BCUT2D eigenvalue weighted by molar-refractivity contribution is 0.591. The molecule has 0 radical (unpaired) electrons. The average molecular weight is 531 g/mol. The molecule has 158 valence electrons. The van der Waals surface area contributed by atoms with Gasteiger partial charge in [-0.05, 0) is 49.1 Å². The Morgan fingerprint density at radius 1 is 1.10 bits per heavy atom. The van der Waals surface area contributed by atoms with Crippen molar-refractivity contribution in [2.45, 2.75) is 29.6 Å². The second-order valence-electron chi connectivity index (χ2n) is 7.13. The van der Waals surface area contributed by atoms with Crippen molar-refractivity contribution in [3.8, 4) is 0 Å². The molecule has 29 heavy (non-hydrogen) atoms. The van der Waals surface area contributed by atoms with E-state index in [0.29, 0.717) is 30.4 Å². The lowest BCUT2D eigenvalue weighted by Gasteiger charge is -2.19. The highest BCUT2D eigenvalue weighted by atomic mass is 127. The van der Waals surface area contributed by atoms with E-state index in [1.807, 2.05) is 6.07 Å². The molecule has 2 N–H and O–H groups in total. The van der Waals surface area contributed by atoms with Gasteiger partial charge in [0.05, 0.1) is 10.6 Å². The Morgan fingerprint density at radius 2 is 1.83 bits per heavy atom. The molecule has 0 aliphatic heterocycles. The number of hydrogen-bond acceptors (Lipinski definition) is 3. The van der Waals surface area contributed by atoms with Crippen LogP contribution in [0.1, 0.15) is 24.8 Å². The molecular weight excluding hydrogens is 504 g/mol. The molecule has 1 fully saturated rings. The van der Waals surface area contributed by atoms with E-state index >= 15 is 0 Å². The van der Waals surface area contributed by atoms with Crippen molar-refractivity contribution in [1.82, 2.24) is 10.6 Å². The molecule has 0 amide bonds. The van der Waals surface area contributed by atoms with Crippen LogP contribution in [0.2, 0.25) is 0 Å². The van der Waals surface area contributed by atoms with Crippen molar-refractivity contribution in [3.63, 3.8) is 0 Å². The normalized spacial score (nSPS) is 15.3. The van der Waals surface area contributed by atoms with E-state index in [4.69, 9.17) is 0 Å². The smallest absolute Gasteiger partial charge is 0.191 e. The van der Waals surface area contributed by atoms with Gasteiger partial charge in [0.1, 0.15) is 5.82 Å². The molecule has 1 aliphatic carbocycles. The van der Waals surface area contributed by atoms with Crippen LogP contribution >= 0.6 is 24.0 Å². The Labute approximate surface area is 189 Å². The van der Waals surface area contributed by atoms with Crippen LogP contribution in [0.3, 0.4) is 0 Å². The van der Waals surface area contributed by atoms with Gasteiger partial charge in [-0.3, -0.25) is 4.99 Å². The van der Waals surface area contributed by atoms with Crippen molar-refractivity contribution in [1.29, 1.82) is 0 Å². The third kappa shape index (κ3) is 6.40. The lowest BCUT2D eigenvalue weighted by Crippen LogP contribution is -2.41. The van der Waals surface area contributed by atoms with Gasteiger partial charge in [0.25, 0.3) is 0 Å². The van der Waals surface area contributed by atoms with E-state index < -0.39 is 9.84 Å². The van der Waals surface area contributed by atoms with Gasteiger partial charge in [-0.15, -0.1) is 24.0 Å². The van der Waals surface area contributed by atoms with Crippen LogP contribution in [0, 0.1) is 5.82 Å². The van der Waals surface area contributed by atoms with Crippen molar-refractivity contribution in [2.24, 2.45) is 4.99 Å². The van der Waals surface area contributed by atoms with Gasteiger partial charge in [0.2, 0.25) is 0 Å². The maximum absolute atomic E-state index is 13.5. The molecule has 0 atom stereocenters. The summed E-state index contributed by atoms with van der Waals surface area (Å²) in [6.07, 6.45) is 2.50. The summed E-state index contributed by atoms with van der Waals surface area (Å²) < 4.78 is 38.1. The Morgan fingerprint density at radius 3 is 2.45 bits per heavy atom. The van der Waals surface area contributed by atoms with Gasteiger partial charge in [0, 0.05) is 25.6 Å². The molecule has 2 aromatic carbocycles. The van der Waals surface area contributed by atoms with E-state index in [1.54, 1.807) is 49.5 Å². The summed E-state index contributed by atoms with van der Waals surface area (Å²) in [6, 6.07) is 15.2. The molecule has 1 saturated carbocycles. The number of nitrogens with zero attached hydrogens (tertiary/aromatic N) is 1. The van der Waals surface area contributed by atoms with Crippen LogP contribution in [-0.2, 0) is 15.3 Å². The number of halogens is 2. The Hall–Kier alpha value is -1.68.